The smallest absolute Gasteiger partial charge is 0.309 e. The quantitative estimate of drug-likeness (QED) is 0.448. The van der Waals surface area contributed by atoms with Crippen LogP contribution in [-0.4, -0.2) is 18.0 Å². The Morgan fingerprint density at radius 2 is 2.19 bits per heavy atom. The minimum absolute atomic E-state index is 0.108. The number of nitrogens with zero attached hydrogens (tertiary/aromatic N) is 1. The number of nitro groups is 1. The molecule has 0 fully saturated rings. The fraction of sp³-hybridized carbons (Fsp3) is 0.300. The second kappa shape index (κ2) is 4.69. The minimum atomic E-state index is -0.906. The Balaban J connectivity index is 3.14. The molecule has 0 amide bonds. The predicted octanol–water partition coefficient (Wildman–Crippen LogP) is 1.76. The van der Waals surface area contributed by atoms with E-state index in [-0.39, 0.29) is 6.42 Å². The van der Waals surface area contributed by atoms with Crippen molar-refractivity contribution in [1.82, 2.24) is 0 Å². The van der Waals surface area contributed by atoms with Crippen LogP contribution in [0.5, 0.6) is 0 Å². The van der Waals surface area contributed by atoms with Crippen LogP contribution < -0.4 is 0 Å². The fourth-order valence-electron chi connectivity index (χ4n) is 1.26. The molecule has 0 saturated heterocycles. The third-order valence-corrected chi connectivity index (χ3v) is 2.16. The van der Waals surface area contributed by atoms with Crippen LogP contribution in [0.4, 0.5) is 10.1 Å². The predicted molar refractivity (Wildman–Crippen MR) is 53.5 cm³/mol. The summed E-state index contributed by atoms with van der Waals surface area (Å²) in [4.78, 5) is 20.7. The van der Waals surface area contributed by atoms with Gasteiger partial charge >= 0.3 is 11.7 Å². The molecule has 0 spiro atoms. The van der Waals surface area contributed by atoms with E-state index in [1.807, 2.05) is 0 Å². The molecule has 1 aromatic rings. The average Bonchev–Trinajstić information content (AvgIpc) is 2.21. The maximum atomic E-state index is 13.1. The molecule has 0 aliphatic rings. The molecular formula is C10H10FNO4. The van der Waals surface area contributed by atoms with Crippen LogP contribution in [0.1, 0.15) is 11.1 Å². The molecule has 0 aromatic heterocycles. The monoisotopic (exact) mass is 227 g/mol. The van der Waals surface area contributed by atoms with Gasteiger partial charge in [0.05, 0.1) is 18.5 Å². The number of aryl methyl sites for hydroxylation is 1. The molecule has 1 rings (SSSR count). The van der Waals surface area contributed by atoms with Crippen molar-refractivity contribution in [3.63, 3.8) is 0 Å². The van der Waals surface area contributed by atoms with Gasteiger partial charge < -0.3 is 4.74 Å². The third kappa shape index (κ3) is 2.53. The molecule has 0 N–H and O–H groups in total. The highest BCUT2D eigenvalue weighted by atomic mass is 19.1. The van der Waals surface area contributed by atoms with Gasteiger partial charge in [0.2, 0.25) is 5.82 Å². The van der Waals surface area contributed by atoms with E-state index in [1.165, 1.54) is 7.11 Å². The van der Waals surface area contributed by atoms with E-state index in [0.717, 1.165) is 12.1 Å². The Morgan fingerprint density at radius 3 is 2.69 bits per heavy atom. The van der Waals surface area contributed by atoms with Gasteiger partial charge in [-0.05, 0) is 24.1 Å². The first-order valence-electron chi connectivity index (χ1n) is 4.46. The van der Waals surface area contributed by atoms with E-state index in [0.29, 0.717) is 11.1 Å². The van der Waals surface area contributed by atoms with Crippen molar-refractivity contribution >= 4 is 11.7 Å². The molecular weight excluding hydrogens is 217 g/mol. The molecule has 16 heavy (non-hydrogen) atoms. The van der Waals surface area contributed by atoms with Gasteiger partial charge in [-0.15, -0.1) is 0 Å². The van der Waals surface area contributed by atoms with E-state index < -0.39 is 22.4 Å². The normalized spacial score (nSPS) is 9.94. The summed E-state index contributed by atoms with van der Waals surface area (Å²) in [7, 11) is 1.22. The summed E-state index contributed by atoms with van der Waals surface area (Å²) in [6.45, 7) is 1.57. The molecule has 0 saturated carbocycles. The first-order chi connectivity index (χ1) is 7.45. The van der Waals surface area contributed by atoms with Gasteiger partial charge in [0.1, 0.15) is 0 Å². The molecule has 5 nitrogen and oxygen atoms in total. The van der Waals surface area contributed by atoms with Crippen LogP contribution in [0.15, 0.2) is 12.1 Å². The van der Waals surface area contributed by atoms with Crippen LogP contribution in [-0.2, 0) is 16.0 Å². The van der Waals surface area contributed by atoms with Gasteiger partial charge in [-0.2, -0.15) is 4.39 Å². The Kier molecular flexibility index (Phi) is 3.55. The number of methoxy groups -OCH3 is 1. The molecule has 86 valence electrons. The number of nitro benzene ring substituents is 1. The van der Waals surface area contributed by atoms with Gasteiger partial charge in [-0.1, -0.05) is 0 Å². The van der Waals surface area contributed by atoms with Gasteiger partial charge in [-0.3, -0.25) is 14.9 Å². The molecule has 1 aromatic carbocycles. The molecule has 0 atom stereocenters. The lowest BCUT2D eigenvalue weighted by Gasteiger charge is -2.05. The zero-order chi connectivity index (χ0) is 12.3. The zero-order valence-corrected chi connectivity index (χ0v) is 8.82. The molecule has 0 aliphatic heterocycles. The lowest BCUT2D eigenvalue weighted by atomic mass is 10.0. The van der Waals surface area contributed by atoms with Crippen molar-refractivity contribution in [3.05, 3.63) is 39.2 Å². The number of ether oxygens (including phenoxy) is 1. The van der Waals surface area contributed by atoms with Crippen LogP contribution in [0.2, 0.25) is 0 Å². The summed E-state index contributed by atoms with van der Waals surface area (Å²) in [6, 6.07) is 2.10. The summed E-state index contributed by atoms with van der Waals surface area (Å²) in [5.74, 6) is -1.43. The number of carbonyl (C=O) groups is 1. The Hall–Kier alpha value is -1.98. The number of hydrogen-bond acceptors (Lipinski definition) is 4. The van der Waals surface area contributed by atoms with E-state index in [2.05, 4.69) is 4.74 Å². The lowest BCUT2D eigenvalue weighted by Crippen LogP contribution is -2.07. The maximum absolute atomic E-state index is 13.1. The number of halogens is 1. The molecule has 0 bridgehead atoms. The highest BCUT2D eigenvalue weighted by Crippen LogP contribution is 2.22. The van der Waals surface area contributed by atoms with E-state index >= 15 is 0 Å². The first-order valence-corrected chi connectivity index (χ1v) is 4.46. The molecule has 0 radical (unpaired) electrons. The zero-order valence-electron chi connectivity index (χ0n) is 8.82. The van der Waals surface area contributed by atoms with E-state index in [9.17, 15) is 19.3 Å². The molecule has 6 heteroatoms. The van der Waals surface area contributed by atoms with Crippen molar-refractivity contribution in [3.8, 4) is 0 Å². The van der Waals surface area contributed by atoms with Crippen LogP contribution in [0, 0.1) is 22.9 Å². The minimum Gasteiger partial charge on any atom is -0.469 e. The van der Waals surface area contributed by atoms with E-state index in [1.54, 1.807) is 6.92 Å². The SMILES string of the molecule is COC(=O)Cc1cc([N+](=O)[O-])c(F)cc1C. The summed E-state index contributed by atoms with van der Waals surface area (Å²) >= 11 is 0. The number of rotatable bonds is 3. The van der Waals surface area contributed by atoms with Crippen LogP contribution in [0.25, 0.3) is 0 Å². The molecule has 0 aliphatic carbocycles. The maximum Gasteiger partial charge on any atom is 0.309 e. The van der Waals surface area contributed by atoms with Gasteiger partial charge in [-0.25, -0.2) is 0 Å². The van der Waals surface area contributed by atoms with Gasteiger partial charge in [0, 0.05) is 6.07 Å². The standard InChI is InChI=1S/C10H10FNO4/c1-6-3-8(11)9(12(14)15)4-7(6)5-10(13)16-2/h3-4H,5H2,1-2H3. The van der Waals surface area contributed by atoms with Gasteiger partial charge in [0.25, 0.3) is 0 Å². The largest absolute Gasteiger partial charge is 0.469 e. The Bertz CT molecular complexity index is 445. The average molecular weight is 227 g/mol. The Morgan fingerprint density at radius 1 is 1.56 bits per heavy atom. The summed E-state index contributed by atoms with van der Waals surface area (Å²) in [5, 5.41) is 10.5. The second-order valence-electron chi connectivity index (χ2n) is 3.24. The molecule has 0 heterocycles. The number of carbonyl (C=O) groups excluding carboxylic acids is 1. The van der Waals surface area contributed by atoms with Gasteiger partial charge in [0.15, 0.2) is 0 Å². The Labute approximate surface area is 91.0 Å². The number of hydrogen-bond donors (Lipinski definition) is 0. The van der Waals surface area contributed by atoms with Crippen LogP contribution >= 0.6 is 0 Å². The highest BCUT2D eigenvalue weighted by Gasteiger charge is 2.18. The van der Waals surface area contributed by atoms with Crippen molar-refractivity contribution in [1.29, 1.82) is 0 Å². The summed E-state index contributed by atoms with van der Waals surface area (Å²) in [5.41, 5.74) is 0.234. The lowest BCUT2D eigenvalue weighted by molar-refractivity contribution is -0.387. The fourth-order valence-corrected chi connectivity index (χ4v) is 1.26. The van der Waals surface area contributed by atoms with Crippen molar-refractivity contribution in [2.45, 2.75) is 13.3 Å². The third-order valence-electron chi connectivity index (χ3n) is 2.16. The number of esters is 1. The summed E-state index contributed by atoms with van der Waals surface area (Å²) in [6.07, 6.45) is -0.108. The first kappa shape index (κ1) is 12.1. The second-order valence-corrected chi connectivity index (χ2v) is 3.24. The van der Waals surface area contributed by atoms with Crippen molar-refractivity contribution in [2.24, 2.45) is 0 Å². The topological polar surface area (TPSA) is 69.4 Å². The molecule has 0 unspecified atom stereocenters. The highest BCUT2D eigenvalue weighted by molar-refractivity contribution is 5.73. The van der Waals surface area contributed by atoms with Crippen molar-refractivity contribution in [2.75, 3.05) is 7.11 Å². The van der Waals surface area contributed by atoms with E-state index in [4.69, 9.17) is 0 Å². The van der Waals surface area contributed by atoms with Crippen LogP contribution in [0.3, 0.4) is 0 Å². The summed E-state index contributed by atoms with van der Waals surface area (Å²) < 4.78 is 17.6. The number of benzene rings is 1. The van der Waals surface area contributed by atoms with Crippen molar-refractivity contribution < 1.29 is 18.8 Å².